The second-order valence-corrected chi connectivity index (χ2v) is 6.90. The summed E-state index contributed by atoms with van der Waals surface area (Å²) in [5, 5.41) is 0. The van der Waals surface area contributed by atoms with Gasteiger partial charge in [0, 0.05) is 17.0 Å². The van der Waals surface area contributed by atoms with E-state index in [1.54, 1.807) is 0 Å². The van der Waals surface area contributed by atoms with E-state index in [2.05, 4.69) is 4.74 Å². The van der Waals surface area contributed by atoms with E-state index in [0.717, 1.165) is 12.1 Å². The Labute approximate surface area is 129 Å². The Bertz CT molecular complexity index is 692. The number of esters is 1. The van der Waals surface area contributed by atoms with E-state index < -0.39 is 40.0 Å². The number of hydrogen-bond acceptors (Lipinski definition) is 3. The molecule has 1 atom stereocenters. The minimum absolute atomic E-state index is 0.00754. The van der Waals surface area contributed by atoms with Crippen LogP contribution in [-0.4, -0.2) is 25.6 Å². The summed E-state index contributed by atoms with van der Waals surface area (Å²) in [7, 11) is 1.23. The van der Waals surface area contributed by atoms with Crippen molar-refractivity contribution >= 4 is 5.97 Å². The molecule has 0 radical (unpaired) electrons. The van der Waals surface area contributed by atoms with Gasteiger partial charge in [0.15, 0.2) is 5.60 Å². The average Bonchev–Trinajstić information content (AvgIpc) is 3.16. The van der Waals surface area contributed by atoms with E-state index in [9.17, 15) is 13.6 Å². The lowest BCUT2D eigenvalue weighted by atomic mass is 9.32. The van der Waals surface area contributed by atoms with Crippen molar-refractivity contribution in [1.82, 2.24) is 0 Å². The van der Waals surface area contributed by atoms with Gasteiger partial charge in [0.2, 0.25) is 0 Å². The number of carbonyl (C=O) groups is 1. The summed E-state index contributed by atoms with van der Waals surface area (Å²) < 4.78 is 66.9. The van der Waals surface area contributed by atoms with Crippen molar-refractivity contribution in [3.8, 4) is 0 Å². The molecule has 3 nitrogen and oxygen atoms in total. The highest BCUT2D eigenvalue weighted by molar-refractivity contribution is 5.81. The summed E-state index contributed by atoms with van der Waals surface area (Å²) in [6.07, 6.45) is 0.0226. The number of methoxy groups -OCH3 is 1. The van der Waals surface area contributed by atoms with Gasteiger partial charge in [-0.1, -0.05) is 0 Å². The van der Waals surface area contributed by atoms with Gasteiger partial charge in [-0.2, -0.15) is 0 Å². The predicted octanol–water partition coefficient (Wildman–Crippen LogP) is 3.17. The Morgan fingerprint density at radius 3 is 2.35 bits per heavy atom. The first-order valence-electron chi connectivity index (χ1n) is 7.28. The summed E-state index contributed by atoms with van der Waals surface area (Å²) in [5.74, 6) is -5.69. The fourth-order valence-electron chi connectivity index (χ4n) is 4.38. The molecule has 23 heavy (non-hydrogen) atoms. The number of carbonyl (C=O) groups excluding carboxylic acids is 1. The molecular weight excluding hydrogens is 316 g/mol. The summed E-state index contributed by atoms with van der Waals surface area (Å²) in [6, 6.07) is 2.52. The zero-order valence-corrected chi connectivity index (χ0v) is 12.3. The van der Waals surface area contributed by atoms with Crippen LogP contribution < -0.4 is 0 Å². The summed E-state index contributed by atoms with van der Waals surface area (Å²) in [4.78, 5) is 11.6. The number of alkyl halides is 2. The van der Waals surface area contributed by atoms with E-state index >= 15 is 8.78 Å². The van der Waals surface area contributed by atoms with E-state index in [0.29, 0.717) is 6.07 Å². The van der Waals surface area contributed by atoms with Crippen LogP contribution in [0.25, 0.3) is 0 Å². The number of ether oxygens (including phenoxy) is 2. The van der Waals surface area contributed by atoms with Crippen LogP contribution in [0.15, 0.2) is 18.2 Å². The van der Waals surface area contributed by atoms with E-state index in [4.69, 9.17) is 4.74 Å². The molecule has 0 N–H and O–H groups in total. The van der Waals surface area contributed by atoms with Crippen LogP contribution in [0.2, 0.25) is 0 Å². The van der Waals surface area contributed by atoms with Gasteiger partial charge in [0.05, 0.1) is 19.1 Å². The van der Waals surface area contributed by atoms with Crippen LogP contribution in [0.3, 0.4) is 0 Å². The van der Waals surface area contributed by atoms with Gasteiger partial charge in [-0.15, -0.1) is 0 Å². The van der Waals surface area contributed by atoms with Crippen LogP contribution in [0, 0.1) is 22.5 Å². The van der Waals surface area contributed by atoms with Gasteiger partial charge in [0.25, 0.3) is 5.92 Å². The van der Waals surface area contributed by atoms with Crippen molar-refractivity contribution in [2.24, 2.45) is 10.8 Å². The molecule has 5 rings (SSSR count). The van der Waals surface area contributed by atoms with Gasteiger partial charge in [-0.3, -0.25) is 4.79 Å². The molecule has 1 unspecified atom stereocenters. The van der Waals surface area contributed by atoms with Gasteiger partial charge in [-0.05, 0) is 31.4 Å². The number of hydrogen-bond donors (Lipinski definition) is 0. The number of epoxide rings is 1. The standard InChI is InChI=1S/C16H14F4O3/c1-22-12(21)13-5-14(6-13,7-13)16(19,20)15(8-23-15)10-3-2-9(17)4-11(10)18/h2-4H,5-8H2,1H3. The van der Waals surface area contributed by atoms with Crippen LogP contribution in [0.4, 0.5) is 17.6 Å². The smallest absolute Gasteiger partial charge is 0.311 e. The first kappa shape index (κ1) is 14.9. The molecule has 124 valence electrons. The Kier molecular flexibility index (Phi) is 2.64. The van der Waals surface area contributed by atoms with Crippen LogP contribution in [0.5, 0.6) is 0 Å². The lowest BCUT2D eigenvalue weighted by molar-refractivity contribution is -0.329. The summed E-state index contributed by atoms with van der Waals surface area (Å²) >= 11 is 0. The van der Waals surface area contributed by atoms with Crippen molar-refractivity contribution in [1.29, 1.82) is 0 Å². The predicted molar refractivity (Wildman–Crippen MR) is 69.7 cm³/mol. The largest absolute Gasteiger partial charge is 0.469 e. The zero-order chi connectivity index (χ0) is 16.7. The van der Waals surface area contributed by atoms with Gasteiger partial charge in [-0.25, -0.2) is 17.6 Å². The molecule has 1 saturated heterocycles. The molecular formula is C16H14F4O3. The Hall–Kier alpha value is -1.63. The fraction of sp³-hybridized carbons (Fsp3) is 0.562. The zero-order valence-electron chi connectivity index (χ0n) is 12.3. The van der Waals surface area contributed by atoms with Gasteiger partial charge in [0.1, 0.15) is 11.6 Å². The average molecular weight is 330 g/mol. The van der Waals surface area contributed by atoms with E-state index in [1.165, 1.54) is 7.11 Å². The fourth-order valence-corrected chi connectivity index (χ4v) is 4.38. The van der Waals surface area contributed by atoms with Crippen molar-refractivity contribution < 1.29 is 31.8 Å². The Morgan fingerprint density at radius 1 is 1.26 bits per heavy atom. The van der Waals surface area contributed by atoms with Crippen molar-refractivity contribution in [3.05, 3.63) is 35.4 Å². The highest BCUT2D eigenvalue weighted by Gasteiger charge is 2.87. The van der Waals surface area contributed by atoms with E-state index in [1.807, 2.05) is 0 Å². The van der Waals surface area contributed by atoms with Crippen molar-refractivity contribution in [2.45, 2.75) is 30.8 Å². The molecule has 0 aromatic heterocycles. The summed E-state index contributed by atoms with van der Waals surface area (Å²) in [5.41, 5.74) is -4.59. The lowest BCUT2D eigenvalue weighted by Crippen LogP contribution is -2.74. The van der Waals surface area contributed by atoms with Crippen LogP contribution >= 0.6 is 0 Å². The quantitative estimate of drug-likeness (QED) is 0.484. The highest BCUT2D eigenvalue weighted by Crippen LogP contribution is 2.81. The van der Waals surface area contributed by atoms with Gasteiger partial charge < -0.3 is 9.47 Å². The molecule has 2 bridgehead atoms. The SMILES string of the molecule is COC(=O)C12CC(C(F)(F)C3(c4ccc(F)cc4F)CO3)(C1)C2. The molecule has 4 fully saturated rings. The van der Waals surface area contributed by atoms with E-state index in [-0.39, 0.29) is 31.4 Å². The normalized spacial score (nSPS) is 37.6. The molecule has 3 saturated carbocycles. The summed E-state index contributed by atoms with van der Waals surface area (Å²) in [6.45, 7) is -0.324. The molecule has 3 aliphatic carbocycles. The van der Waals surface area contributed by atoms with Crippen LogP contribution in [-0.2, 0) is 19.9 Å². The number of rotatable bonds is 4. The van der Waals surface area contributed by atoms with Crippen LogP contribution in [0.1, 0.15) is 24.8 Å². The Balaban J connectivity index is 1.65. The molecule has 0 spiro atoms. The minimum Gasteiger partial charge on any atom is -0.469 e. The van der Waals surface area contributed by atoms with Gasteiger partial charge >= 0.3 is 5.97 Å². The first-order valence-corrected chi connectivity index (χ1v) is 7.28. The highest BCUT2D eigenvalue weighted by atomic mass is 19.3. The number of benzene rings is 1. The second kappa shape index (κ2) is 4.06. The topological polar surface area (TPSA) is 38.8 Å². The number of halogens is 4. The maximum Gasteiger partial charge on any atom is 0.311 e. The Morgan fingerprint density at radius 2 is 1.87 bits per heavy atom. The lowest BCUT2D eigenvalue weighted by Gasteiger charge is -2.71. The maximum atomic E-state index is 15.1. The molecule has 1 heterocycles. The van der Waals surface area contributed by atoms with Crippen molar-refractivity contribution in [3.63, 3.8) is 0 Å². The third-order valence-electron chi connectivity index (χ3n) is 5.62. The first-order chi connectivity index (χ1) is 10.7. The minimum atomic E-state index is -3.34. The monoisotopic (exact) mass is 330 g/mol. The molecule has 0 amide bonds. The molecule has 7 heteroatoms. The second-order valence-electron chi connectivity index (χ2n) is 6.90. The molecule has 1 aromatic carbocycles. The third kappa shape index (κ3) is 1.56. The van der Waals surface area contributed by atoms with Crippen molar-refractivity contribution in [2.75, 3.05) is 13.7 Å². The molecule has 4 aliphatic rings. The molecule has 1 aliphatic heterocycles. The molecule has 1 aromatic rings. The maximum absolute atomic E-state index is 15.1. The third-order valence-corrected chi connectivity index (χ3v) is 5.62.